The maximum absolute atomic E-state index is 6.09. The molecule has 0 aliphatic heterocycles. The fraction of sp³-hybridized carbons (Fsp3) is 0.769. The van der Waals surface area contributed by atoms with Gasteiger partial charge in [0.1, 0.15) is 5.82 Å². The normalized spacial score (nSPS) is 17.2. The van der Waals surface area contributed by atoms with E-state index >= 15 is 0 Å². The summed E-state index contributed by atoms with van der Waals surface area (Å²) in [6.07, 6.45) is 4.56. The van der Waals surface area contributed by atoms with Gasteiger partial charge >= 0.3 is 0 Å². The number of hydrogen-bond donors (Lipinski definition) is 1. The van der Waals surface area contributed by atoms with Crippen molar-refractivity contribution in [1.82, 2.24) is 9.78 Å². The molecule has 0 spiro atoms. The number of aryl methyl sites for hydroxylation is 2. The SMILES string of the molecule is CCC(N)Cc1c(C)nn(C)c1N(C)C1CC1. The first-order chi connectivity index (χ1) is 8.04. The van der Waals surface area contributed by atoms with E-state index in [0.29, 0.717) is 6.04 Å². The standard InChI is InChI=1S/C13H24N4/c1-5-10(14)8-12-9(2)15-17(4)13(12)16(3)11-6-7-11/h10-11H,5-8,14H2,1-4H3. The summed E-state index contributed by atoms with van der Waals surface area (Å²) in [4.78, 5) is 2.37. The van der Waals surface area contributed by atoms with E-state index in [1.807, 2.05) is 11.7 Å². The van der Waals surface area contributed by atoms with Gasteiger partial charge in [0.15, 0.2) is 0 Å². The first-order valence-corrected chi connectivity index (χ1v) is 6.55. The second kappa shape index (κ2) is 4.69. The van der Waals surface area contributed by atoms with Gasteiger partial charge in [-0.1, -0.05) is 6.92 Å². The molecule has 2 N–H and O–H groups in total. The molecule has 1 aromatic heterocycles. The Morgan fingerprint density at radius 2 is 2.18 bits per heavy atom. The molecule has 1 fully saturated rings. The molecule has 0 aromatic carbocycles. The van der Waals surface area contributed by atoms with Crippen molar-refractivity contribution < 1.29 is 0 Å². The number of anilines is 1. The Labute approximate surface area is 104 Å². The van der Waals surface area contributed by atoms with Gasteiger partial charge in [-0.3, -0.25) is 4.68 Å². The van der Waals surface area contributed by atoms with E-state index in [1.54, 1.807) is 0 Å². The van der Waals surface area contributed by atoms with Gasteiger partial charge < -0.3 is 10.6 Å². The largest absolute Gasteiger partial charge is 0.357 e. The number of rotatable bonds is 5. The monoisotopic (exact) mass is 236 g/mol. The van der Waals surface area contributed by atoms with Gasteiger partial charge in [0.25, 0.3) is 0 Å². The summed E-state index contributed by atoms with van der Waals surface area (Å²) in [6, 6.07) is 0.950. The fourth-order valence-corrected chi connectivity index (χ4v) is 2.41. The van der Waals surface area contributed by atoms with Crippen molar-refractivity contribution in [3.63, 3.8) is 0 Å². The predicted molar refractivity (Wildman–Crippen MR) is 71.3 cm³/mol. The first-order valence-electron chi connectivity index (χ1n) is 6.55. The lowest BCUT2D eigenvalue weighted by Crippen LogP contribution is -2.26. The van der Waals surface area contributed by atoms with Crippen molar-refractivity contribution in [2.75, 3.05) is 11.9 Å². The minimum absolute atomic E-state index is 0.240. The molecule has 0 bridgehead atoms. The van der Waals surface area contributed by atoms with E-state index in [9.17, 15) is 0 Å². The van der Waals surface area contributed by atoms with Gasteiger partial charge in [-0.2, -0.15) is 5.10 Å². The van der Waals surface area contributed by atoms with E-state index in [2.05, 4.69) is 30.9 Å². The summed E-state index contributed by atoms with van der Waals surface area (Å²) in [7, 11) is 4.21. The average molecular weight is 236 g/mol. The minimum atomic E-state index is 0.240. The van der Waals surface area contributed by atoms with Crippen molar-refractivity contribution in [2.24, 2.45) is 12.8 Å². The Bertz CT molecular complexity index is 392. The molecule has 0 saturated heterocycles. The molecule has 1 atom stereocenters. The summed E-state index contributed by atoms with van der Waals surface area (Å²) >= 11 is 0. The summed E-state index contributed by atoms with van der Waals surface area (Å²) in [5.41, 5.74) is 8.54. The number of aromatic nitrogens is 2. The Hall–Kier alpha value is -1.03. The minimum Gasteiger partial charge on any atom is -0.357 e. The van der Waals surface area contributed by atoms with Crippen LogP contribution in [-0.4, -0.2) is 28.9 Å². The highest BCUT2D eigenvalue weighted by Gasteiger charge is 2.30. The molecule has 4 heteroatoms. The molecule has 0 radical (unpaired) electrons. The molecule has 96 valence electrons. The second-order valence-electron chi connectivity index (χ2n) is 5.23. The van der Waals surface area contributed by atoms with Crippen LogP contribution in [0.15, 0.2) is 0 Å². The van der Waals surface area contributed by atoms with E-state index in [-0.39, 0.29) is 6.04 Å². The van der Waals surface area contributed by atoms with Crippen LogP contribution in [-0.2, 0) is 13.5 Å². The van der Waals surface area contributed by atoms with E-state index in [0.717, 1.165) is 18.5 Å². The van der Waals surface area contributed by atoms with Crippen LogP contribution >= 0.6 is 0 Å². The smallest absolute Gasteiger partial charge is 0.130 e. The molecule has 1 heterocycles. The summed E-state index contributed by atoms with van der Waals surface area (Å²) in [6.45, 7) is 4.22. The average Bonchev–Trinajstić information content (AvgIpc) is 3.07. The van der Waals surface area contributed by atoms with Crippen molar-refractivity contribution >= 4 is 5.82 Å². The molecular weight excluding hydrogens is 212 g/mol. The van der Waals surface area contributed by atoms with Crippen LogP contribution < -0.4 is 10.6 Å². The van der Waals surface area contributed by atoms with Crippen LogP contribution in [0.2, 0.25) is 0 Å². The first kappa shape index (κ1) is 12.4. The maximum atomic E-state index is 6.09. The second-order valence-corrected chi connectivity index (χ2v) is 5.23. The van der Waals surface area contributed by atoms with Gasteiger partial charge in [-0.15, -0.1) is 0 Å². The van der Waals surface area contributed by atoms with Gasteiger partial charge in [0.2, 0.25) is 0 Å². The Balaban J connectivity index is 2.28. The zero-order chi connectivity index (χ0) is 12.6. The molecule has 1 aliphatic carbocycles. The lowest BCUT2D eigenvalue weighted by atomic mass is 10.0. The van der Waals surface area contributed by atoms with Gasteiger partial charge in [0.05, 0.1) is 5.69 Å². The van der Waals surface area contributed by atoms with Crippen LogP contribution in [0.1, 0.15) is 37.4 Å². The molecule has 1 unspecified atom stereocenters. The highest BCUT2D eigenvalue weighted by Crippen LogP contribution is 2.33. The van der Waals surface area contributed by atoms with Crippen LogP contribution in [0.4, 0.5) is 5.82 Å². The zero-order valence-electron chi connectivity index (χ0n) is 11.4. The number of hydrogen-bond acceptors (Lipinski definition) is 3. The fourth-order valence-electron chi connectivity index (χ4n) is 2.41. The Morgan fingerprint density at radius 1 is 1.53 bits per heavy atom. The molecule has 4 nitrogen and oxygen atoms in total. The quantitative estimate of drug-likeness (QED) is 0.845. The molecular formula is C13H24N4. The van der Waals surface area contributed by atoms with Crippen molar-refractivity contribution in [3.8, 4) is 0 Å². The van der Waals surface area contributed by atoms with Gasteiger partial charge in [0, 0.05) is 31.7 Å². The third-order valence-electron chi connectivity index (χ3n) is 3.73. The van der Waals surface area contributed by atoms with Gasteiger partial charge in [-0.25, -0.2) is 0 Å². The van der Waals surface area contributed by atoms with Gasteiger partial charge in [-0.05, 0) is 32.6 Å². The highest BCUT2D eigenvalue weighted by molar-refractivity contribution is 5.51. The summed E-state index contributed by atoms with van der Waals surface area (Å²) in [5.74, 6) is 1.26. The van der Waals surface area contributed by atoms with Crippen LogP contribution in [0.25, 0.3) is 0 Å². The van der Waals surface area contributed by atoms with Crippen LogP contribution in [0.3, 0.4) is 0 Å². The Morgan fingerprint density at radius 3 is 2.71 bits per heavy atom. The molecule has 0 amide bonds. The number of nitrogens with two attached hydrogens (primary N) is 1. The van der Waals surface area contributed by atoms with Crippen LogP contribution in [0.5, 0.6) is 0 Å². The molecule has 1 saturated carbocycles. The predicted octanol–water partition coefficient (Wildman–Crippen LogP) is 1.61. The lowest BCUT2D eigenvalue weighted by Gasteiger charge is -2.21. The topological polar surface area (TPSA) is 47.1 Å². The molecule has 1 aliphatic rings. The summed E-state index contributed by atoms with van der Waals surface area (Å²) in [5, 5.41) is 4.55. The van der Waals surface area contributed by atoms with E-state index < -0.39 is 0 Å². The molecule has 2 rings (SSSR count). The number of nitrogens with zero attached hydrogens (tertiary/aromatic N) is 3. The molecule has 17 heavy (non-hydrogen) atoms. The van der Waals surface area contributed by atoms with Crippen molar-refractivity contribution in [1.29, 1.82) is 0 Å². The Kier molecular flexibility index (Phi) is 3.43. The van der Waals surface area contributed by atoms with Crippen LogP contribution in [0, 0.1) is 6.92 Å². The zero-order valence-corrected chi connectivity index (χ0v) is 11.4. The maximum Gasteiger partial charge on any atom is 0.130 e. The van der Waals surface area contributed by atoms with Crippen molar-refractivity contribution in [2.45, 2.75) is 51.6 Å². The molecule has 1 aromatic rings. The van der Waals surface area contributed by atoms with E-state index in [4.69, 9.17) is 5.73 Å². The highest BCUT2D eigenvalue weighted by atomic mass is 15.4. The van der Waals surface area contributed by atoms with E-state index in [1.165, 1.54) is 24.2 Å². The summed E-state index contributed by atoms with van der Waals surface area (Å²) < 4.78 is 2.01. The third-order valence-corrected chi connectivity index (χ3v) is 3.73. The third kappa shape index (κ3) is 2.46. The lowest BCUT2D eigenvalue weighted by molar-refractivity contribution is 0.642. The van der Waals surface area contributed by atoms with Crippen molar-refractivity contribution in [3.05, 3.63) is 11.3 Å².